The molecule has 1 rings (SSSR count). The number of nitrogens with one attached hydrogen (secondary N) is 1. The van der Waals surface area contributed by atoms with Crippen LogP contribution in [0.4, 0.5) is 0 Å². The van der Waals surface area contributed by atoms with E-state index in [-0.39, 0.29) is 0 Å². The van der Waals surface area contributed by atoms with Gasteiger partial charge in [0.25, 0.3) is 0 Å². The Balaban J connectivity index is 2.09. The summed E-state index contributed by atoms with van der Waals surface area (Å²) in [5.41, 5.74) is 0. The molecular weight excluding hydrogens is 218 g/mol. The molecule has 1 aromatic rings. The Kier molecular flexibility index (Phi) is 7.17. The highest BCUT2D eigenvalue weighted by Crippen LogP contribution is 2.18. The Labute approximate surface area is 102 Å². The van der Waals surface area contributed by atoms with Crippen LogP contribution in [0.1, 0.15) is 33.1 Å². The van der Waals surface area contributed by atoms with Crippen molar-refractivity contribution < 1.29 is 0 Å². The third-order valence-electron chi connectivity index (χ3n) is 2.25. The van der Waals surface area contributed by atoms with E-state index in [4.69, 9.17) is 0 Å². The zero-order valence-corrected chi connectivity index (χ0v) is 11.0. The van der Waals surface area contributed by atoms with Gasteiger partial charge in [0.15, 0.2) is 0 Å². The third kappa shape index (κ3) is 6.08. The van der Waals surface area contributed by atoms with Crippen LogP contribution in [0, 0.1) is 0 Å². The van der Waals surface area contributed by atoms with Crippen molar-refractivity contribution in [1.82, 2.24) is 15.3 Å². The van der Waals surface area contributed by atoms with Crippen molar-refractivity contribution in [2.24, 2.45) is 0 Å². The molecule has 0 radical (unpaired) electrons. The molecule has 4 heteroatoms. The van der Waals surface area contributed by atoms with E-state index in [2.05, 4.69) is 29.1 Å². The summed E-state index contributed by atoms with van der Waals surface area (Å²) in [6, 6.07) is 0. The quantitative estimate of drug-likeness (QED) is 0.559. The van der Waals surface area contributed by atoms with Crippen LogP contribution in [0.2, 0.25) is 0 Å². The SMILES string of the molecule is CCCCCNCC(C)Sc1cnccn1. The van der Waals surface area contributed by atoms with Crippen molar-refractivity contribution in [3.05, 3.63) is 18.6 Å². The molecule has 1 aromatic heterocycles. The van der Waals surface area contributed by atoms with Gasteiger partial charge in [0.05, 0.1) is 6.20 Å². The number of unbranched alkanes of at least 4 members (excludes halogenated alkanes) is 2. The smallest absolute Gasteiger partial charge is 0.115 e. The molecule has 0 fully saturated rings. The molecule has 0 aliphatic heterocycles. The zero-order valence-electron chi connectivity index (χ0n) is 10.1. The largest absolute Gasteiger partial charge is 0.316 e. The van der Waals surface area contributed by atoms with E-state index >= 15 is 0 Å². The summed E-state index contributed by atoms with van der Waals surface area (Å²) in [5.74, 6) is 0. The van der Waals surface area contributed by atoms with Crippen molar-refractivity contribution in [3.8, 4) is 0 Å². The van der Waals surface area contributed by atoms with Gasteiger partial charge in [-0.2, -0.15) is 0 Å². The van der Waals surface area contributed by atoms with E-state index in [0.29, 0.717) is 5.25 Å². The Hall–Kier alpha value is -0.610. The summed E-state index contributed by atoms with van der Waals surface area (Å²) in [6.07, 6.45) is 9.14. The molecular formula is C12H21N3S. The molecule has 1 N–H and O–H groups in total. The van der Waals surface area contributed by atoms with E-state index < -0.39 is 0 Å². The maximum absolute atomic E-state index is 4.25. The summed E-state index contributed by atoms with van der Waals surface area (Å²) >= 11 is 1.77. The molecule has 1 atom stereocenters. The second-order valence-electron chi connectivity index (χ2n) is 3.88. The number of rotatable bonds is 8. The first-order valence-corrected chi connectivity index (χ1v) is 6.84. The second-order valence-corrected chi connectivity index (χ2v) is 5.34. The minimum absolute atomic E-state index is 0.540. The highest BCUT2D eigenvalue weighted by Gasteiger charge is 2.04. The minimum atomic E-state index is 0.540. The van der Waals surface area contributed by atoms with Crippen molar-refractivity contribution in [2.45, 2.75) is 43.4 Å². The Bertz CT molecular complexity index is 266. The fraction of sp³-hybridized carbons (Fsp3) is 0.667. The standard InChI is InChI=1S/C12H21N3S/c1-3-4-5-6-13-9-11(2)16-12-10-14-7-8-15-12/h7-8,10-11,13H,3-6,9H2,1-2H3. The van der Waals surface area contributed by atoms with Crippen molar-refractivity contribution >= 4 is 11.8 Å². The van der Waals surface area contributed by atoms with Gasteiger partial charge in [0, 0.05) is 24.2 Å². The second kappa shape index (κ2) is 8.53. The monoisotopic (exact) mass is 239 g/mol. The third-order valence-corrected chi connectivity index (χ3v) is 3.27. The number of hydrogen-bond donors (Lipinski definition) is 1. The first-order valence-electron chi connectivity index (χ1n) is 5.96. The van der Waals surface area contributed by atoms with Crippen LogP contribution in [-0.2, 0) is 0 Å². The number of thioether (sulfide) groups is 1. The molecule has 0 aliphatic rings. The predicted octanol–water partition coefficient (Wildman–Crippen LogP) is 2.74. The van der Waals surface area contributed by atoms with E-state index in [1.807, 2.05) is 6.20 Å². The number of nitrogens with zero attached hydrogens (tertiary/aromatic N) is 2. The van der Waals surface area contributed by atoms with Crippen LogP contribution in [-0.4, -0.2) is 28.3 Å². The summed E-state index contributed by atoms with van der Waals surface area (Å²) < 4.78 is 0. The molecule has 0 bridgehead atoms. The molecule has 0 aromatic carbocycles. The molecule has 1 heterocycles. The van der Waals surface area contributed by atoms with Gasteiger partial charge in [-0.1, -0.05) is 26.7 Å². The predicted molar refractivity (Wildman–Crippen MR) is 69.7 cm³/mol. The molecule has 0 saturated heterocycles. The van der Waals surface area contributed by atoms with Gasteiger partial charge in [0.1, 0.15) is 5.03 Å². The van der Waals surface area contributed by atoms with Gasteiger partial charge in [0.2, 0.25) is 0 Å². The van der Waals surface area contributed by atoms with Crippen LogP contribution in [0.25, 0.3) is 0 Å². The van der Waals surface area contributed by atoms with Crippen LogP contribution in [0.5, 0.6) is 0 Å². The number of hydrogen-bond acceptors (Lipinski definition) is 4. The van der Waals surface area contributed by atoms with E-state index in [9.17, 15) is 0 Å². The maximum Gasteiger partial charge on any atom is 0.115 e. The van der Waals surface area contributed by atoms with E-state index in [1.165, 1.54) is 19.3 Å². The number of aromatic nitrogens is 2. The molecule has 90 valence electrons. The molecule has 3 nitrogen and oxygen atoms in total. The topological polar surface area (TPSA) is 37.8 Å². The molecule has 0 spiro atoms. The van der Waals surface area contributed by atoms with E-state index in [0.717, 1.165) is 18.1 Å². The maximum atomic E-state index is 4.25. The lowest BCUT2D eigenvalue weighted by atomic mass is 10.2. The fourth-order valence-corrected chi connectivity index (χ4v) is 2.26. The molecule has 0 aliphatic carbocycles. The summed E-state index contributed by atoms with van der Waals surface area (Å²) in [7, 11) is 0. The summed E-state index contributed by atoms with van der Waals surface area (Å²) in [6.45, 7) is 6.60. The average Bonchev–Trinajstić information content (AvgIpc) is 2.30. The Morgan fingerprint density at radius 2 is 2.25 bits per heavy atom. The fourth-order valence-electron chi connectivity index (χ4n) is 1.40. The highest BCUT2D eigenvalue weighted by atomic mass is 32.2. The van der Waals surface area contributed by atoms with Crippen LogP contribution < -0.4 is 5.32 Å². The lowest BCUT2D eigenvalue weighted by Crippen LogP contribution is -2.23. The van der Waals surface area contributed by atoms with Crippen LogP contribution in [0.15, 0.2) is 23.6 Å². The molecule has 0 saturated carbocycles. The normalized spacial score (nSPS) is 12.6. The van der Waals surface area contributed by atoms with Crippen LogP contribution >= 0.6 is 11.8 Å². The highest BCUT2D eigenvalue weighted by molar-refractivity contribution is 7.99. The summed E-state index contributed by atoms with van der Waals surface area (Å²) in [5, 5.41) is 5.02. The van der Waals surface area contributed by atoms with Gasteiger partial charge in [-0.05, 0) is 13.0 Å². The Morgan fingerprint density at radius 3 is 2.94 bits per heavy atom. The van der Waals surface area contributed by atoms with Gasteiger partial charge >= 0.3 is 0 Å². The van der Waals surface area contributed by atoms with E-state index in [1.54, 1.807) is 24.2 Å². The first kappa shape index (κ1) is 13.5. The molecule has 1 unspecified atom stereocenters. The molecule has 16 heavy (non-hydrogen) atoms. The van der Waals surface area contributed by atoms with Gasteiger partial charge < -0.3 is 5.32 Å². The van der Waals surface area contributed by atoms with Gasteiger partial charge in [-0.25, -0.2) is 4.98 Å². The first-order chi connectivity index (χ1) is 7.83. The van der Waals surface area contributed by atoms with Crippen molar-refractivity contribution in [1.29, 1.82) is 0 Å². The Morgan fingerprint density at radius 1 is 1.38 bits per heavy atom. The van der Waals surface area contributed by atoms with Crippen molar-refractivity contribution in [3.63, 3.8) is 0 Å². The summed E-state index contributed by atoms with van der Waals surface area (Å²) in [4.78, 5) is 8.30. The zero-order chi connectivity index (χ0) is 11.6. The lowest BCUT2D eigenvalue weighted by Gasteiger charge is -2.11. The lowest BCUT2D eigenvalue weighted by molar-refractivity contribution is 0.615. The van der Waals surface area contributed by atoms with Gasteiger partial charge in [-0.3, -0.25) is 4.98 Å². The average molecular weight is 239 g/mol. The molecule has 0 amide bonds. The van der Waals surface area contributed by atoms with Crippen molar-refractivity contribution in [2.75, 3.05) is 13.1 Å². The van der Waals surface area contributed by atoms with Gasteiger partial charge in [-0.15, -0.1) is 11.8 Å². The minimum Gasteiger partial charge on any atom is -0.316 e. The van der Waals surface area contributed by atoms with Crippen LogP contribution in [0.3, 0.4) is 0 Å².